The fourth-order valence-corrected chi connectivity index (χ4v) is 1.84. The maximum Gasteiger partial charge on any atom is 0.0205 e. The van der Waals surface area contributed by atoms with E-state index in [-0.39, 0.29) is 0 Å². The molecule has 0 bridgehead atoms. The van der Waals surface area contributed by atoms with Crippen LogP contribution in [0.3, 0.4) is 0 Å². The predicted molar refractivity (Wildman–Crippen MR) is 44.6 cm³/mol. The summed E-state index contributed by atoms with van der Waals surface area (Å²) in [6.45, 7) is 4.63. The molecule has 1 aliphatic carbocycles. The highest BCUT2D eigenvalue weighted by molar-refractivity contribution is 4.97. The average Bonchev–Trinajstić information content (AvgIpc) is 1.86. The zero-order chi connectivity index (χ0) is 7.61. The summed E-state index contributed by atoms with van der Waals surface area (Å²) in [6, 6.07) is 0. The van der Waals surface area contributed by atoms with Crippen LogP contribution in [-0.2, 0) is 0 Å². The van der Waals surface area contributed by atoms with Crippen molar-refractivity contribution in [1.82, 2.24) is 0 Å². The summed E-state index contributed by atoms with van der Waals surface area (Å²) < 4.78 is 0. The van der Waals surface area contributed by atoms with Crippen LogP contribution < -0.4 is 0 Å². The van der Waals surface area contributed by atoms with Crippen LogP contribution in [0.4, 0.5) is 0 Å². The molecule has 0 aromatic heterocycles. The van der Waals surface area contributed by atoms with Crippen LogP contribution in [0.5, 0.6) is 0 Å². The topological polar surface area (TPSA) is 0 Å². The lowest BCUT2D eigenvalue weighted by Crippen LogP contribution is -2.21. The number of hydrogen-bond donors (Lipinski definition) is 0. The molecule has 1 saturated carbocycles. The van der Waals surface area contributed by atoms with E-state index >= 15 is 0 Å². The number of rotatable bonds is 0. The zero-order valence-corrected chi connectivity index (χ0v) is 6.98. The Bertz CT molecular complexity index is 148. The SMILES string of the molecule is C#C[C@H]1CCCC(C)(C)C1. The van der Waals surface area contributed by atoms with Crippen LogP contribution in [0.25, 0.3) is 0 Å². The van der Waals surface area contributed by atoms with Gasteiger partial charge in [0, 0.05) is 5.92 Å². The van der Waals surface area contributed by atoms with Crippen molar-refractivity contribution < 1.29 is 0 Å². The molecule has 1 aliphatic rings. The molecule has 1 rings (SSSR count). The van der Waals surface area contributed by atoms with Gasteiger partial charge in [0.2, 0.25) is 0 Å². The lowest BCUT2D eigenvalue weighted by molar-refractivity contribution is 0.211. The Balaban J connectivity index is 2.49. The van der Waals surface area contributed by atoms with E-state index in [0.29, 0.717) is 11.3 Å². The lowest BCUT2D eigenvalue weighted by Gasteiger charge is -2.32. The summed E-state index contributed by atoms with van der Waals surface area (Å²) in [7, 11) is 0. The molecular formula is C10H16. The van der Waals surface area contributed by atoms with Crippen LogP contribution >= 0.6 is 0 Å². The van der Waals surface area contributed by atoms with Gasteiger partial charge in [-0.1, -0.05) is 20.3 Å². The smallest absolute Gasteiger partial charge is 0.0205 e. The van der Waals surface area contributed by atoms with E-state index in [1.54, 1.807) is 0 Å². The largest absolute Gasteiger partial charge is 0.120 e. The molecule has 0 saturated heterocycles. The second-order valence-corrected chi connectivity index (χ2v) is 4.12. The Kier molecular flexibility index (Phi) is 2.04. The van der Waals surface area contributed by atoms with Crippen molar-refractivity contribution in [3.8, 4) is 12.3 Å². The van der Waals surface area contributed by atoms with Gasteiger partial charge in [-0.25, -0.2) is 0 Å². The fraction of sp³-hybridized carbons (Fsp3) is 0.800. The molecule has 1 atom stereocenters. The first kappa shape index (κ1) is 7.66. The van der Waals surface area contributed by atoms with Crippen molar-refractivity contribution in [3.05, 3.63) is 0 Å². The third-order valence-corrected chi connectivity index (χ3v) is 2.44. The molecule has 1 fully saturated rings. The van der Waals surface area contributed by atoms with Crippen molar-refractivity contribution in [2.75, 3.05) is 0 Å². The molecule has 0 aromatic rings. The van der Waals surface area contributed by atoms with Gasteiger partial charge in [-0.2, -0.15) is 0 Å². The second-order valence-electron chi connectivity index (χ2n) is 4.12. The van der Waals surface area contributed by atoms with E-state index in [0.717, 1.165) is 0 Å². The van der Waals surface area contributed by atoms with Crippen molar-refractivity contribution in [2.24, 2.45) is 11.3 Å². The van der Waals surface area contributed by atoms with E-state index in [1.165, 1.54) is 25.7 Å². The second kappa shape index (κ2) is 2.66. The van der Waals surface area contributed by atoms with Gasteiger partial charge >= 0.3 is 0 Å². The molecule has 0 heterocycles. The van der Waals surface area contributed by atoms with Gasteiger partial charge in [-0.3, -0.25) is 0 Å². The van der Waals surface area contributed by atoms with E-state index in [1.807, 2.05) is 0 Å². The molecule has 0 N–H and O–H groups in total. The normalized spacial score (nSPS) is 31.1. The van der Waals surface area contributed by atoms with E-state index in [2.05, 4.69) is 19.8 Å². The molecule has 0 spiro atoms. The van der Waals surface area contributed by atoms with Crippen LogP contribution in [-0.4, -0.2) is 0 Å². The molecule has 0 nitrogen and oxygen atoms in total. The Labute approximate surface area is 64.0 Å². The third-order valence-electron chi connectivity index (χ3n) is 2.44. The minimum atomic E-state index is 0.509. The Hall–Kier alpha value is -0.440. The highest BCUT2D eigenvalue weighted by Gasteiger charge is 2.26. The van der Waals surface area contributed by atoms with Crippen LogP contribution in [0.2, 0.25) is 0 Å². The Morgan fingerprint density at radius 3 is 2.60 bits per heavy atom. The Morgan fingerprint density at radius 2 is 2.20 bits per heavy atom. The van der Waals surface area contributed by atoms with E-state index in [9.17, 15) is 0 Å². The van der Waals surface area contributed by atoms with Crippen LogP contribution in [0.15, 0.2) is 0 Å². The maximum atomic E-state index is 5.37. The first-order chi connectivity index (χ1) is 4.64. The first-order valence-corrected chi connectivity index (χ1v) is 4.10. The number of terminal acetylenes is 1. The molecule has 0 aromatic carbocycles. The van der Waals surface area contributed by atoms with Crippen molar-refractivity contribution in [1.29, 1.82) is 0 Å². The van der Waals surface area contributed by atoms with E-state index in [4.69, 9.17) is 6.42 Å². The Morgan fingerprint density at radius 1 is 1.50 bits per heavy atom. The molecule has 10 heavy (non-hydrogen) atoms. The van der Waals surface area contributed by atoms with Crippen molar-refractivity contribution >= 4 is 0 Å². The third kappa shape index (κ3) is 1.77. The minimum absolute atomic E-state index is 0.509. The molecule has 0 amide bonds. The fourth-order valence-electron chi connectivity index (χ4n) is 1.84. The van der Waals surface area contributed by atoms with Gasteiger partial charge in [0.1, 0.15) is 0 Å². The van der Waals surface area contributed by atoms with Gasteiger partial charge in [0.05, 0.1) is 0 Å². The van der Waals surface area contributed by atoms with Gasteiger partial charge in [0.15, 0.2) is 0 Å². The van der Waals surface area contributed by atoms with Crippen LogP contribution in [0.1, 0.15) is 39.5 Å². The van der Waals surface area contributed by atoms with Gasteiger partial charge in [0.25, 0.3) is 0 Å². The summed E-state index contributed by atoms with van der Waals surface area (Å²) in [4.78, 5) is 0. The molecule has 56 valence electrons. The van der Waals surface area contributed by atoms with Crippen molar-refractivity contribution in [3.63, 3.8) is 0 Å². The summed E-state index contributed by atoms with van der Waals surface area (Å²) in [6.07, 6.45) is 10.5. The highest BCUT2D eigenvalue weighted by Crippen LogP contribution is 2.37. The van der Waals surface area contributed by atoms with Gasteiger partial charge in [-0.15, -0.1) is 12.3 Å². The minimum Gasteiger partial charge on any atom is -0.120 e. The van der Waals surface area contributed by atoms with Gasteiger partial charge in [-0.05, 0) is 24.7 Å². The predicted octanol–water partition coefficient (Wildman–Crippen LogP) is 2.84. The standard InChI is InChI=1S/C10H16/c1-4-9-6-5-7-10(2,3)8-9/h1,9H,5-8H2,2-3H3/t9-/m0/s1. The summed E-state index contributed by atoms with van der Waals surface area (Å²) >= 11 is 0. The maximum absolute atomic E-state index is 5.37. The summed E-state index contributed by atoms with van der Waals surface area (Å²) in [5, 5.41) is 0. The zero-order valence-electron chi connectivity index (χ0n) is 6.98. The quantitative estimate of drug-likeness (QED) is 0.449. The first-order valence-electron chi connectivity index (χ1n) is 4.10. The molecular weight excluding hydrogens is 120 g/mol. The van der Waals surface area contributed by atoms with Crippen LogP contribution in [0, 0.1) is 23.7 Å². The van der Waals surface area contributed by atoms with E-state index < -0.39 is 0 Å². The highest BCUT2D eigenvalue weighted by atomic mass is 14.3. The molecule has 0 heteroatoms. The van der Waals surface area contributed by atoms with Gasteiger partial charge < -0.3 is 0 Å². The monoisotopic (exact) mass is 136 g/mol. The molecule has 0 aliphatic heterocycles. The summed E-state index contributed by atoms with van der Waals surface area (Å²) in [5.41, 5.74) is 0.509. The molecule has 0 radical (unpaired) electrons. The molecule has 0 unspecified atom stereocenters. The lowest BCUT2D eigenvalue weighted by atomic mass is 9.72. The van der Waals surface area contributed by atoms with Crippen molar-refractivity contribution in [2.45, 2.75) is 39.5 Å². The number of hydrogen-bond acceptors (Lipinski definition) is 0. The summed E-state index contributed by atoms with van der Waals surface area (Å²) in [5.74, 6) is 3.42. The average molecular weight is 136 g/mol.